The molecule has 0 spiro atoms. The Morgan fingerprint density at radius 3 is 2.14 bits per heavy atom. The first-order chi connectivity index (χ1) is 10.3. The van der Waals surface area contributed by atoms with Gasteiger partial charge in [-0.25, -0.2) is 4.79 Å². The molecule has 1 rings (SSSR count). The molecule has 22 heavy (non-hydrogen) atoms. The summed E-state index contributed by atoms with van der Waals surface area (Å²) in [5.41, 5.74) is 6.26. The number of carbonyl (C=O) groups is 2. The summed E-state index contributed by atoms with van der Waals surface area (Å²) in [6.45, 7) is 7.73. The second-order valence-electron chi connectivity index (χ2n) is 5.73. The molecule has 0 heterocycles. The summed E-state index contributed by atoms with van der Waals surface area (Å²) in [6, 6.07) is 0.941. The molecule has 1 amide bonds. The van der Waals surface area contributed by atoms with Crippen molar-refractivity contribution in [2.45, 2.75) is 53.0 Å². The van der Waals surface area contributed by atoms with Gasteiger partial charge in [-0.2, -0.15) is 0 Å². The third-order valence-corrected chi connectivity index (χ3v) is 4.17. The highest BCUT2D eigenvalue weighted by molar-refractivity contribution is 5.83. The molecule has 3 N–H and O–H groups in total. The zero-order valence-corrected chi connectivity index (χ0v) is 13.7. The Labute approximate surface area is 131 Å². The number of aliphatic hydroxyl groups excluding tert-OH is 1. The first kappa shape index (κ1) is 18.2. The molecule has 0 aromatic heterocycles. The summed E-state index contributed by atoms with van der Waals surface area (Å²) in [4.78, 5) is 22.5. The summed E-state index contributed by atoms with van der Waals surface area (Å²) >= 11 is 0. The minimum absolute atomic E-state index is 0.246. The average molecular weight is 307 g/mol. The van der Waals surface area contributed by atoms with Crippen molar-refractivity contribution in [1.29, 1.82) is 0 Å². The first-order valence-electron chi connectivity index (χ1n) is 7.47. The maximum Gasteiger partial charge on any atom is 0.328 e. The highest BCUT2D eigenvalue weighted by Gasteiger charge is 2.18. The summed E-state index contributed by atoms with van der Waals surface area (Å²) in [5, 5.41) is 20.0. The number of carboxylic acids is 1. The smallest absolute Gasteiger partial charge is 0.328 e. The topological polar surface area (TPSA) is 86.6 Å². The molecule has 5 heteroatoms. The Kier molecular flexibility index (Phi) is 6.56. The summed E-state index contributed by atoms with van der Waals surface area (Å²) in [5.74, 6) is -1.57. The Morgan fingerprint density at radius 2 is 1.68 bits per heavy atom. The van der Waals surface area contributed by atoms with E-state index in [1.54, 1.807) is 0 Å². The van der Waals surface area contributed by atoms with Crippen LogP contribution < -0.4 is 5.32 Å². The number of hydrogen-bond acceptors (Lipinski definition) is 3. The standard InChI is InChI=1S/C17H25NO4/c1-10-8-11(2)13(4)14(12(10)3)6-5-7-16(20)18-15(9-19)17(21)22/h8,15,19H,5-7,9H2,1-4H3,(H,18,20)(H,21,22). The molecule has 0 saturated carbocycles. The molecule has 122 valence electrons. The van der Waals surface area contributed by atoms with Gasteiger partial charge in [-0.3, -0.25) is 4.79 Å². The molecule has 1 unspecified atom stereocenters. The zero-order valence-electron chi connectivity index (χ0n) is 13.7. The Bertz CT molecular complexity index is 540. The lowest BCUT2D eigenvalue weighted by molar-refractivity contribution is -0.142. The molecule has 0 bridgehead atoms. The zero-order chi connectivity index (χ0) is 16.9. The van der Waals surface area contributed by atoms with Gasteiger partial charge in [0.05, 0.1) is 6.61 Å². The molecule has 1 aromatic rings. The molecule has 1 aromatic carbocycles. The van der Waals surface area contributed by atoms with Gasteiger partial charge in [0.1, 0.15) is 6.04 Å². The fourth-order valence-corrected chi connectivity index (χ4v) is 2.55. The SMILES string of the molecule is Cc1cc(C)c(C)c(CCCC(=O)NC(CO)C(=O)O)c1C. The van der Waals surface area contributed by atoms with Crippen LogP contribution in [-0.2, 0) is 16.0 Å². The van der Waals surface area contributed by atoms with E-state index in [4.69, 9.17) is 10.2 Å². The third kappa shape index (κ3) is 4.56. The van der Waals surface area contributed by atoms with Crippen LogP contribution >= 0.6 is 0 Å². The molecule has 0 fully saturated rings. The van der Waals surface area contributed by atoms with E-state index in [1.165, 1.54) is 27.8 Å². The second-order valence-corrected chi connectivity index (χ2v) is 5.73. The van der Waals surface area contributed by atoms with E-state index >= 15 is 0 Å². The summed E-state index contributed by atoms with van der Waals surface area (Å²) in [6.07, 6.45) is 1.67. The average Bonchev–Trinajstić information content (AvgIpc) is 2.46. The molecule has 0 saturated heterocycles. The predicted molar refractivity (Wildman–Crippen MR) is 85.0 cm³/mol. The molecular weight excluding hydrogens is 282 g/mol. The number of carbonyl (C=O) groups excluding carboxylic acids is 1. The van der Waals surface area contributed by atoms with Crippen LogP contribution in [-0.4, -0.2) is 34.7 Å². The monoisotopic (exact) mass is 307 g/mol. The van der Waals surface area contributed by atoms with Crippen LogP contribution in [0.4, 0.5) is 0 Å². The summed E-state index contributed by atoms with van der Waals surface area (Å²) in [7, 11) is 0. The van der Waals surface area contributed by atoms with Crippen LogP contribution in [0.15, 0.2) is 6.07 Å². The number of aliphatic carboxylic acids is 1. The number of amides is 1. The van der Waals surface area contributed by atoms with Crippen molar-refractivity contribution in [2.75, 3.05) is 6.61 Å². The van der Waals surface area contributed by atoms with Crippen LogP contribution in [0, 0.1) is 27.7 Å². The van der Waals surface area contributed by atoms with Crippen LogP contribution in [0.3, 0.4) is 0 Å². The minimum atomic E-state index is -1.23. The van der Waals surface area contributed by atoms with Gasteiger partial charge in [-0.15, -0.1) is 0 Å². The minimum Gasteiger partial charge on any atom is -0.480 e. The van der Waals surface area contributed by atoms with Gasteiger partial charge in [0.25, 0.3) is 0 Å². The molecule has 0 aliphatic carbocycles. The molecule has 0 radical (unpaired) electrons. The summed E-state index contributed by atoms with van der Waals surface area (Å²) < 4.78 is 0. The van der Waals surface area contributed by atoms with Gasteiger partial charge < -0.3 is 15.5 Å². The number of hydrogen-bond donors (Lipinski definition) is 3. The molecular formula is C17H25NO4. The van der Waals surface area contributed by atoms with Gasteiger partial charge in [0.2, 0.25) is 5.91 Å². The van der Waals surface area contributed by atoms with Crippen molar-refractivity contribution in [3.63, 3.8) is 0 Å². The van der Waals surface area contributed by atoms with E-state index < -0.39 is 18.6 Å². The van der Waals surface area contributed by atoms with Crippen LogP contribution in [0.1, 0.15) is 40.7 Å². The number of aliphatic hydroxyl groups is 1. The normalized spacial score (nSPS) is 12.0. The Balaban J connectivity index is 2.62. The number of nitrogens with one attached hydrogen (secondary N) is 1. The van der Waals surface area contributed by atoms with Gasteiger partial charge in [-0.1, -0.05) is 6.07 Å². The number of aryl methyl sites for hydroxylation is 2. The third-order valence-electron chi connectivity index (χ3n) is 4.17. The van der Waals surface area contributed by atoms with Crippen LogP contribution in [0.2, 0.25) is 0 Å². The molecule has 0 aliphatic heterocycles. The van der Waals surface area contributed by atoms with Gasteiger partial charge >= 0.3 is 5.97 Å². The lowest BCUT2D eigenvalue weighted by atomic mass is 9.91. The van der Waals surface area contributed by atoms with Gasteiger partial charge in [-0.05, 0) is 68.4 Å². The van der Waals surface area contributed by atoms with E-state index in [9.17, 15) is 9.59 Å². The van der Waals surface area contributed by atoms with Gasteiger partial charge in [0, 0.05) is 6.42 Å². The number of rotatable bonds is 7. The Hall–Kier alpha value is -1.88. The number of benzene rings is 1. The fourth-order valence-electron chi connectivity index (χ4n) is 2.55. The maximum absolute atomic E-state index is 11.7. The maximum atomic E-state index is 11.7. The van der Waals surface area contributed by atoms with E-state index in [2.05, 4.69) is 39.1 Å². The van der Waals surface area contributed by atoms with Crippen molar-refractivity contribution < 1.29 is 19.8 Å². The van der Waals surface area contributed by atoms with Gasteiger partial charge in [0.15, 0.2) is 0 Å². The van der Waals surface area contributed by atoms with Crippen molar-refractivity contribution in [3.05, 3.63) is 33.9 Å². The van der Waals surface area contributed by atoms with Crippen molar-refractivity contribution in [2.24, 2.45) is 0 Å². The number of carboxylic acid groups (broad SMARTS) is 1. The highest BCUT2D eigenvalue weighted by Crippen LogP contribution is 2.23. The van der Waals surface area contributed by atoms with E-state index in [0.717, 1.165) is 6.42 Å². The lowest BCUT2D eigenvalue weighted by Gasteiger charge is -2.16. The second kappa shape index (κ2) is 7.94. The molecule has 5 nitrogen and oxygen atoms in total. The van der Waals surface area contributed by atoms with Crippen LogP contribution in [0.25, 0.3) is 0 Å². The largest absolute Gasteiger partial charge is 0.480 e. The fraction of sp³-hybridized carbons (Fsp3) is 0.529. The van der Waals surface area contributed by atoms with E-state index in [-0.39, 0.29) is 12.3 Å². The van der Waals surface area contributed by atoms with E-state index in [1.807, 2.05) is 0 Å². The lowest BCUT2D eigenvalue weighted by Crippen LogP contribution is -2.43. The van der Waals surface area contributed by atoms with Crippen molar-refractivity contribution in [1.82, 2.24) is 5.32 Å². The first-order valence-corrected chi connectivity index (χ1v) is 7.47. The molecule has 1 atom stereocenters. The predicted octanol–water partition coefficient (Wildman–Crippen LogP) is 1.80. The van der Waals surface area contributed by atoms with Crippen molar-refractivity contribution >= 4 is 11.9 Å². The van der Waals surface area contributed by atoms with Crippen LogP contribution in [0.5, 0.6) is 0 Å². The molecule has 0 aliphatic rings. The quantitative estimate of drug-likeness (QED) is 0.717. The van der Waals surface area contributed by atoms with E-state index in [0.29, 0.717) is 6.42 Å². The Morgan fingerprint density at radius 1 is 1.14 bits per heavy atom. The van der Waals surface area contributed by atoms with Crippen molar-refractivity contribution in [3.8, 4) is 0 Å². The highest BCUT2D eigenvalue weighted by atomic mass is 16.4.